The molecule has 0 unspecified atom stereocenters. The summed E-state index contributed by atoms with van der Waals surface area (Å²) in [6.45, 7) is 0.336. The quantitative estimate of drug-likeness (QED) is 0.483. The number of carbonyl (C=O) groups is 2. The van der Waals surface area contributed by atoms with Crippen molar-refractivity contribution in [2.45, 2.75) is 6.54 Å². The number of aromatic nitrogens is 1. The summed E-state index contributed by atoms with van der Waals surface area (Å²) in [4.78, 5) is 28.4. The van der Waals surface area contributed by atoms with Gasteiger partial charge in [0, 0.05) is 17.6 Å². The molecule has 2 aromatic heterocycles. The summed E-state index contributed by atoms with van der Waals surface area (Å²) in [7, 11) is 0. The molecule has 7 nitrogen and oxygen atoms in total. The van der Waals surface area contributed by atoms with Crippen LogP contribution in [0.15, 0.2) is 77.4 Å². The Kier molecular flexibility index (Phi) is 4.94. The van der Waals surface area contributed by atoms with E-state index in [0.29, 0.717) is 34.8 Å². The smallest absolute Gasteiger partial charge is 0.316 e. The zero-order valence-corrected chi connectivity index (χ0v) is 15.4. The third kappa shape index (κ3) is 4.08. The fraction of sp³-hybridized carbons (Fsp3) is 0.0455. The highest BCUT2D eigenvalue weighted by molar-refractivity contribution is 6.07. The molecule has 0 fully saturated rings. The summed E-state index contributed by atoms with van der Waals surface area (Å²) in [5, 5.41) is 6.19. The van der Waals surface area contributed by atoms with Crippen molar-refractivity contribution in [3.63, 3.8) is 0 Å². The van der Waals surface area contributed by atoms with Gasteiger partial charge in [0.2, 0.25) is 0 Å². The number of furan rings is 1. The van der Waals surface area contributed by atoms with E-state index in [2.05, 4.69) is 15.6 Å². The van der Waals surface area contributed by atoms with Crippen LogP contribution in [0.5, 0.6) is 0 Å². The number of anilines is 1. The van der Waals surface area contributed by atoms with Gasteiger partial charge in [-0.2, -0.15) is 0 Å². The minimum absolute atomic E-state index is 0.212. The molecule has 0 saturated heterocycles. The van der Waals surface area contributed by atoms with E-state index in [9.17, 15) is 9.59 Å². The first-order valence-electron chi connectivity index (χ1n) is 8.97. The number of benzene rings is 2. The van der Waals surface area contributed by atoms with Crippen LogP contribution >= 0.6 is 0 Å². The summed E-state index contributed by atoms with van der Waals surface area (Å²) in [5.41, 5.74) is 8.42. The number of amides is 3. The molecule has 7 heteroatoms. The lowest BCUT2D eigenvalue weighted by atomic mass is 10.1. The number of carbonyl (C=O) groups excluding carboxylic acids is 2. The van der Waals surface area contributed by atoms with Gasteiger partial charge in [-0.1, -0.05) is 30.3 Å². The Labute approximate surface area is 166 Å². The molecule has 0 aliphatic carbocycles. The van der Waals surface area contributed by atoms with E-state index in [1.54, 1.807) is 36.6 Å². The fourth-order valence-corrected chi connectivity index (χ4v) is 3.04. The fourth-order valence-electron chi connectivity index (χ4n) is 3.04. The maximum atomic E-state index is 12.9. The molecule has 2 heterocycles. The van der Waals surface area contributed by atoms with Crippen LogP contribution in [0.4, 0.5) is 10.5 Å². The third-order valence-electron chi connectivity index (χ3n) is 4.41. The number of fused-ring (bicyclic) bond motifs is 1. The molecule has 4 N–H and O–H groups in total. The number of hydrogen-bond acceptors (Lipinski definition) is 4. The van der Waals surface area contributed by atoms with Gasteiger partial charge in [-0.05, 0) is 42.0 Å². The highest BCUT2D eigenvalue weighted by atomic mass is 16.3. The van der Waals surface area contributed by atoms with Crippen LogP contribution in [0, 0.1) is 0 Å². The number of nitrogens with two attached hydrogens (primary N) is 1. The molecule has 0 aliphatic heterocycles. The van der Waals surface area contributed by atoms with Gasteiger partial charge in [0.25, 0.3) is 5.91 Å². The second kappa shape index (κ2) is 7.85. The maximum Gasteiger partial charge on any atom is 0.316 e. The Hall–Kier alpha value is -4.13. The molecule has 4 aromatic rings. The van der Waals surface area contributed by atoms with Gasteiger partial charge in [0.15, 0.2) is 5.76 Å². The van der Waals surface area contributed by atoms with E-state index in [1.165, 1.54) is 0 Å². The topological polar surface area (TPSA) is 110 Å². The van der Waals surface area contributed by atoms with Gasteiger partial charge in [0.05, 0.1) is 17.3 Å². The average Bonchev–Trinajstić information content (AvgIpc) is 3.27. The van der Waals surface area contributed by atoms with Crippen molar-refractivity contribution in [3.8, 4) is 11.5 Å². The van der Waals surface area contributed by atoms with Crippen molar-refractivity contribution < 1.29 is 14.0 Å². The Morgan fingerprint density at radius 3 is 2.52 bits per heavy atom. The van der Waals surface area contributed by atoms with Crippen molar-refractivity contribution in [1.82, 2.24) is 10.3 Å². The Morgan fingerprint density at radius 1 is 1.00 bits per heavy atom. The van der Waals surface area contributed by atoms with Crippen LogP contribution in [0.2, 0.25) is 0 Å². The van der Waals surface area contributed by atoms with Crippen LogP contribution in [0.3, 0.4) is 0 Å². The van der Waals surface area contributed by atoms with E-state index < -0.39 is 6.03 Å². The normalized spacial score (nSPS) is 10.6. The molecule has 0 atom stereocenters. The number of rotatable bonds is 5. The van der Waals surface area contributed by atoms with Crippen LogP contribution in [0.25, 0.3) is 22.4 Å². The molecule has 2 aromatic carbocycles. The van der Waals surface area contributed by atoms with Crippen LogP contribution in [-0.4, -0.2) is 16.9 Å². The zero-order chi connectivity index (χ0) is 20.2. The summed E-state index contributed by atoms with van der Waals surface area (Å²) in [6, 6.07) is 19.3. The number of urea groups is 1. The molecule has 0 spiro atoms. The van der Waals surface area contributed by atoms with Crippen molar-refractivity contribution in [2.75, 3.05) is 5.32 Å². The van der Waals surface area contributed by atoms with Gasteiger partial charge >= 0.3 is 6.03 Å². The Bertz CT molecular complexity index is 1170. The first kappa shape index (κ1) is 18.2. The lowest BCUT2D eigenvalue weighted by Gasteiger charge is -2.10. The molecule has 4 rings (SSSR count). The highest BCUT2D eigenvalue weighted by Crippen LogP contribution is 2.25. The minimum atomic E-state index is -0.622. The summed E-state index contributed by atoms with van der Waals surface area (Å²) < 4.78 is 5.44. The molecule has 0 aliphatic rings. The first-order chi connectivity index (χ1) is 14.1. The third-order valence-corrected chi connectivity index (χ3v) is 4.41. The van der Waals surface area contributed by atoms with Gasteiger partial charge in [-0.25, -0.2) is 9.78 Å². The van der Waals surface area contributed by atoms with Crippen molar-refractivity contribution in [3.05, 3.63) is 84.1 Å². The SMILES string of the molecule is NC(=O)Nc1ccc(CNC(=O)c2cc(-c3ccco3)nc3ccccc23)cc1. The Balaban J connectivity index is 1.57. The number of nitrogens with one attached hydrogen (secondary N) is 2. The minimum Gasteiger partial charge on any atom is -0.463 e. The van der Waals surface area contributed by atoms with Crippen molar-refractivity contribution in [1.29, 1.82) is 0 Å². The average molecular weight is 386 g/mol. The molecular formula is C22H18N4O3. The molecule has 0 radical (unpaired) electrons. The van der Waals surface area contributed by atoms with Crippen LogP contribution < -0.4 is 16.4 Å². The van der Waals surface area contributed by atoms with Gasteiger partial charge in [-0.3, -0.25) is 4.79 Å². The number of hydrogen-bond donors (Lipinski definition) is 3. The standard InChI is InChI=1S/C22H18N4O3/c23-22(28)25-15-9-7-14(8-10-15)13-24-21(27)17-12-19(20-6-3-11-29-20)26-18-5-2-1-4-16(17)18/h1-12H,13H2,(H,24,27)(H3,23,25,28). The van der Waals surface area contributed by atoms with Gasteiger partial charge < -0.3 is 20.8 Å². The van der Waals surface area contributed by atoms with E-state index >= 15 is 0 Å². The van der Waals surface area contributed by atoms with Crippen molar-refractivity contribution >= 4 is 28.5 Å². The molecule has 0 bridgehead atoms. The highest BCUT2D eigenvalue weighted by Gasteiger charge is 2.15. The van der Waals surface area contributed by atoms with Crippen molar-refractivity contribution in [2.24, 2.45) is 5.73 Å². The molecule has 0 saturated carbocycles. The summed E-state index contributed by atoms with van der Waals surface area (Å²) in [6.07, 6.45) is 1.57. The van der Waals surface area contributed by atoms with Crippen LogP contribution in [0.1, 0.15) is 15.9 Å². The largest absolute Gasteiger partial charge is 0.463 e. The van der Waals surface area contributed by atoms with Crippen LogP contribution in [-0.2, 0) is 6.54 Å². The summed E-state index contributed by atoms with van der Waals surface area (Å²) >= 11 is 0. The molecular weight excluding hydrogens is 368 g/mol. The summed E-state index contributed by atoms with van der Waals surface area (Å²) in [5.74, 6) is 0.387. The monoisotopic (exact) mass is 386 g/mol. The van der Waals surface area contributed by atoms with E-state index in [4.69, 9.17) is 10.2 Å². The van der Waals surface area contributed by atoms with E-state index in [1.807, 2.05) is 36.4 Å². The Morgan fingerprint density at radius 2 is 1.79 bits per heavy atom. The second-order valence-electron chi connectivity index (χ2n) is 6.42. The number of para-hydroxylation sites is 1. The van der Waals surface area contributed by atoms with E-state index in [-0.39, 0.29) is 5.91 Å². The molecule has 29 heavy (non-hydrogen) atoms. The first-order valence-corrected chi connectivity index (χ1v) is 8.97. The van der Waals surface area contributed by atoms with E-state index in [0.717, 1.165) is 10.9 Å². The predicted octanol–water partition coefficient (Wildman–Crippen LogP) is 3.92. The van der Waals surface area contributed by atoms with Gasteiger partial charge in [-0.15, -0.1) is 0 Å². The number of nitrogens with zero attached hydrogens (tertiary/aromatic N) is 1. The van der Waals surface area contributed by atoms with Gasteiger partial charge in [0.1, 0.15) is 5.69 Å². The lowest BCUT2D eigenvalue weighted by Crippen LogP contribution is -2.23. The molecule has 3 amide bonds. The number of primary amides is 1. The predicted molar refractivity (Wildman–Crippen MR) is 110 cm³/mol. The zero-order valence-electron chi connectivity index (χ0n) is 15.4. The number of pyridine rings is 1. The maximum absolute atomic E-state index is 12.9. The second-order valence-corrected chi connectivity index (χ2v) is 6.42. The lowest BCUT2D eigenvalue weighted by molar-refractivity contribution is 0.0952. The molecule has 144 valence electrons.